The minimum Gasteiger partial charge on any atom is -0.479 e. The molecule has 1 atom stereocenters. The second-order valence-electron chi connectivity index (χ2n) is 5.14. The molecule has 0 aliphatic heterocycles. The molecule has 22 heavy (non-hydrogen) atoms. The van der Waals surface area contributed by atoms with Gasteiger partial charge in [-0.2, -0.15) is 0 Å². The monoisotopic (exact) mass is 337 g/mol. The minimum absolute atomic E-state index is 0.236. The molecule has 2 aromatic carbocycles. The number of aryl methyl sites for hydroxylation is 2. The standard InChI is InChI=1S/C17H17Cl2NO2/c1-10-4-5-11(2)15(8-10)20-17(21)12(3)22-16-7-6-13(18)9-14(16)19/h4-9,12H,1-3H3,(H,20,21)/t12-/m1/s1. The van der Waals surface area contributed by atoms with Crippen molar-refractivity contribution in [1.29, 1.82) is 0 Å². The summed E-state index contributed by atoms with van der Waals surface area (Å²) in [4.78, 5) is 12.3. The van der Waals surface area contributed by atoms with Crippen molar-refractivity contribution in [2.45, 2.75) is 26.9 Å². The predicted molar refractivity (Wildman–Crippen MR) is 91.1 cm³/mol. The van der Waals surface area contributed by atoms with Gasteiger partial charge in [0.2, 0.25) is 0 Å². The molecule has 0 spiro atoms. The number of hydrogen-bond acceptors (Lipinski definition) is 2. The van der Waals surface area contributed by atoms with Gasteiger partial charge in [0.15, 0.2) is 6.10 Å². The van der Waals surface area contributed by atoms with Crippen LogP contribution in [0.15, 0.2) is 36.4 Å². The smallest absolute Gasteiger partial charge is 0.265 e. The molecule has 0 saturated carbocycles. The molecule has 3 nitrogen and oxygen atoms in total. The van der Waals surface area contributed by atoms with E-state index < -0.39 is 6.10 Å². The lowest BCUT2D eigenvalue weighted by Gasteiger charge is -2.17. The molecule has 0 heterocycles. The average Bonchev–Trinajstić information content (AvgIpc) is 2.45. The highest BCUT2D eigenvalue weighted by atomic mass is 35.5. The van der Waals surface area contributed by atoms with E-state index in [9.17, 15) is 4.79 Å². The molecule has 2 aromatic rings. The Hall–Kier alpha value is -1.71. The topological polar surface area (TPSA) is 38.3 Å². The van der Waals surface area contributed by atoms with Crippen molar-refractivity contribution in [3.8, 4) is 5.75 Å². The van der Waals surface area contributed by atoms with Crippen LogP contribution in [0.4, 0.5) is 5.69 Å². The summed E-state index contributed by atoms with van der Waals surface area (Å²) in [5, 5.41) is 3.76. The number of anilines is 1. The Labute approximate surface area is 140 Å². The molecule has 0 saturated heterocycles. The zero-order valence-electron chi connectivity index (χ0n) is 12.6. The summed E-state index contributed by atoms with van der Waals surface area (Å²) in [6.07, 6.45) is -0.682. The summed E-state index contributed by atoms with van der Waals surface area (Å²) < 4.78 is 5.60. The summed E-state index contributed by atoms with van der Waals surface area (Å²) in [6.45, 7) is 5.59. The highest BCUT2D eigenvalue weighted by Crippen LogP contribution is 2.28. The molecule has 0 aliphatic carbocycles. The van der Waals surface area contributed by atoms with Gasteiger partial charge in [-0.1, -0.05) is 35.3 Å². The lowest BCUT2D eigenvalue weighted by Crippen LogP contribution is -2.30. The zero-order valence-corrected chi connectivity index (χ0v) is 14.1. The summed E-state index contributed by atoms with van der Waals surface area (Å²) in [5.74, 6) is 0.189. The van der Waals surface area contributed by atoms with E-state index in [-0.39, 0.29) is 5.91 Å². The third-order valence-corrected chi connectivity index (χ3v) is 3.75. The molecule has 0 radical (unpaired) electrons. The van der Waals surface area contributed by atoms with Gasteiger partial charge < -0.3 is 10.1 Å². The van der Waals surface area contributed by atoms with Gasteiger partial charge in [0.25, 0.3) is 5.91 Å². The first kappa shape index (κ1) is 16.7. The fourth-order valence-corrected chi connectivity index (χ4v) is 2.37. The summed E-state index contributed by atoms with van der Waals surface area (Å²) in [5.41, 5.74) is 2.86. The fourth-order valence-electron chi connectivity index (χ4n) is 1.92. The Kier molecular flexibility index (Phi) is 5.33. The first-order valence-corrected chi connectivity index (χ1v) is 7.62. The van der Waals surface area contributed by atoms with E-state index in [2.05, 4.69) is 5.32 Å². The maximum atomic E-state index is 12.3. The summed E-state index contributed by atoms with van der Waals surface area (Å²) in [6, 6.07) is 10.8. The lowest BCUT2D eigenvalue weighted by molar-refractivity contribution is -0.122. The van der Waals surface area contributed by atoms with Gasteiger partial charge in [-0.25, -0.2) is 0 Å². The molecule has 0 fully saturated rings. The number of carbonyl (C=O) groups excluding carboxylic acids is 1. The highest BCUT2D eigenvalue weighted by molar-refractivity contribution is 6.35. The summed E-state index contributed by atoms with van der Waals surface area (Å²) in [7, 11) is 0. The predicted octanol–water partition coefficient (Wildman–Crippen LogP) is 5.02. The highest BCUT2D eigenvalue weighted by Gasteiger charge is 2.17. The molecule has 116 valence electrons. The van der Waals surface area contributed by atoms with Crippen molar-refractivity contribution in [3.05, 3.63) is 57.6 Å². The number of amides is 1. The summed E-state index contributed by atoms with van der Waals surface area (Å²) >= 11 is 11.9. The van der Waals surface area contributed by atoms with Crippen molar-refractivity contribution in [2.75, 3.05) is 5.32 Å². The van der Waals surface area contributed by atoms with Crippen LogP contribution in [-0.4, -0.2) is 12.0 Å². The number of ether oxygens (including phenoxy) is 1. The van der Waals surface area contributed by atoms with E-state index in [4.69, 9.17) is 27.9 Å². The van der Waals surface area contributed by atoms with E-state index in [0.29, 0.717) is 15.8 Å². The van der Waals surface area contributed by atoms with E-state index in [0.717, 1.165) is 16.8 Å². The van der Waals surface area contributed by atoms with E-state index in [1.165, 1.54) is 0 Å². The van der Waals surface area contributed by atoms with Crippen molar-refractivity contribution >= 4 is 34.8 Å². The fraction of sp³-hybridized carbons (Fsp3) is 0.235. The van der Waals surface area contributed by atoms with Crippen molar-refractivity contribution < 1.29 is 9.53 Å². The third-order valence-electron chi connectivity index (χ3n) is 3.22. The molecule has 0 bridgehead atoms. The van der Waals surface area contributed by atoms with Crippen LogP contribution in [0.5, 0.6) is 5.75 Å². The Morgan fingerprint density at radius 1 is 1.14 bits per heavy atom. The Morgan fingerprint density at radius 3 is 2.55 bits per heavy atom. The second kappa shape index (κ2) is 7.03. The molecule has 1 N–H and O–H groups in total. The largest absolute Gasteiger partial charge is 0.479 e. The van der Waals surface area contributed by atoms with E-state index in [1.54, 1.807) is 25.1 Å². The van der Waals surface area contributed by atoms with Crippen LogP contribution in [0.1, 0.15) is 18.1 Å². The zero-order chi connectivity index (χ0) is 16.3. The van der Waals surface area contributed by atoms with Gasteiger partial charge in [0.05, 0.1) is 5.02 Å². The van der Waals surface area contributed by atoms with E-state index >= 15 is 0 Å². The van der Waals surface area contributed by atoms with Gasteiger partial charge in [-0.3, -0.25) is 4.79 Å². The van der Waals surface area contributed by atoms with Crippen LogP contribution in [0, 0.1) is 13.8 Å². The Balaban J connectivity index is 2.07. The maximum Gasteiger partial charge on any atom is 0.265 e. The van der Waals surface area contributed by atoms with Crippen LogP contribution in [0.3, 0.4) is 0 Å². The SMILES string of the molecule is Cc1ccc(C)c(NC(=O)[C@@H](C)Oc2ccc(Cl)cc2Cl)c1. The maximum absolute atomic E-state index is 12.3. The lowest BCUT2D eigenvalue weighted by atomic mass is 10.1. The number of carbonyl (C=O) groups is 1. The number of rotatable bonds is 4. The average molecular weight is 338 g/mol. The number of nitrogens with one attached hydrogen (secondary N) is 1. The molecule has 2 rings (SSSR count). The van der Waals surface area contributed by atoms with Gasteiger partial charge in [-0.15, -0.1) is 0 Å². The normalized spacial score (nSPS) is 11.9. The molecule has 0 unspecified atom stereocenters. The van der Waals surface area contributed by atoms with Gasteiger partial charge >= 0.3 is 0 Å². The molecule has 0 aromatic heterocycles. The molecule has 1 amide bonds. The van der Waals surface area contributed by atoms with Gasteiger partial charge in [-0.05, 0) is 56.2 Å². The van der Waals surface area contributed by atoms with Crippen LogP contribution in [-0.2, 0) is 4.79 Å². The van der Waals surface area contributed by atoms with Crippen LogP contribution in [0.25, 0.3) is 0 Å². The number of benzene rings is 2. The van der Waals surface area contributed by atoms with Crippen LogP contribution in [0.2, 0.25) is 10.0 Å². The van der Waals surface area contributed by atoms with Crippen molar-refractivity contribution in [2.24, 2.45) is 0 Å². The third kappa shape index (κ3) is 4.15. The minimum atomic E-state index is -0.682. The van der Waals surface area contributed by atoms with Gasteiger partial charge in [0.1, 0.15) is 5.75 Å². The Bertz CT molecular complexity index is 701. The first-order valence-electron chi connectivity index (χ1n) is 6.86. The Morgan fingerprint density at radius 2 is 1.86 bits per heavy atom. The van der Waals surface area contributed by atoms with Crippen molar-refractivity contribution in [1.82, 2.24) is 0 Å². The molecule has 5 heteroatoms. The first-order chi connectivity index (χ1) is 10.4. The molecular weight excluding hydrogens is 321 g/mol. The van der Waals surface area contributed by atoms with Crippen LogP contribution < -0.4 is 10.1 Å². The molecule has 0 aliphatic rings. The van der Waals surface area contributed by atoms with E-state index in [1.807, 2.05) is 32.0 Å². The number of halogens is 2. The van der Waals surface area contributed by atoms with Gasteiger partial charge in [0, 0.05) is 10.7 Å². The van der Waals surface area contributed by atoms with Crippen LogP contribution >= 0.6 is 23.2 Å². The van der Waals surface area contributed by atoms with Crippen molar-refractivity contribution in [3.63, 3.8) is 0 Å². The second-order valence-corrected chi connectivity index (χ2v) is 5.99. The molecular formula is C17H17Cl2NO2. The number of hydrogen-bond donors (Lipinski definition) is 1. The quantitative estimate of drug-likeness (QED) is 0.850.